The van der Waals surface area contributed by atoms with Gasteiger partial charge in [0, 0.05) is 44.8 Å². The molecular formula is C21H33IN4O3. The van der Waals surface area contributed by atoms with Crippen molar-refractivity contribution in [3.8, 4) is 0 Å². The molecule has 0 aliphatic carbocycles. The summed E-state index contributed by atoms with van der Waals surface area (Å²) in [4.78, 5) is 19.0. The molecule has 1 amide bonds. The van der Waals surface area contributed by atoms with Gasteiger partial charge >= 0.3 is 0 Å². The van der Waals surface area contributed by atoms with Gasteiger partial charge in [-0.15, -0.1) is 24.0 Å². The summed E-state index contributed by atoms with van der Waals surface area (Å²) in [6, 6.07) is 8.30. The van der Waals surface area contributed by atoms with E-state index in [1.165, 1.54) is 11.1 Å². The highest BCUT2D eigenvalue weighted by Gasteiger charge is 2.34. The Bertz CT molecular complexity index is 692. The van der Waals surface area contributed by atoms with Crippen LogP contribution in [0.15, 0.2) is 29.3 Å². The Balaban J connectivity index is 0.00000300. The zero-order valence-corrected chi connectivity index (χ0v) is 19.5. The first-order valence-electron chi connectivity index (χ1n) is 10.2. The summed E-state index contributed by atoms with van der Waals surface area (Å²) in [5.74, 6) is 0.679. The molecule has 0 saturated carbocycles. The van der Waals surface area contributed by atoms with Gasteiger partial charge in [0.15, 0.2) is 5.96 Å². The Kier molecular flexibility index (Phi) is 9.64. The normalized spacial score (nSPS) is 21.3. The van der Waals surface area contributed by atoms with E-state index in [1.54, 1.807) is 0 Å². The first kappa shape index (κ1) is 23.9. The molecule has 3 rings (SSSR count). The highest BCUT2D eigenvalue weighted by atomic mass is 127. The smallest absolute Gasteiger partial charge is 0.244 e. The predicted octanol–water partition coefficient (Wildman–Crippen LogP) is 1.53. The molecule has 2 heterocycles. The number of guanidine groups is 1. The van der Waals surface area contributed by atoms with E-state index in [4.69, 9.17) is 4.74 Å². The van der Waals surface area contributed by atoms with E-state index in [0.29, 0.717) is 32.1 Å². The molecule has 1 atom stereocenters. The first-order chi connectivity index (χ1) is 13.7. The molecule has 1 aromatic carbocycles. The quantitative estimate of drug-likeness (QED) is 0.291. The van der Waals surface area contributed by atoms with Gasteiger partial charge in [-0.1, -0.05) is 24.3 Å². The molecule has 8 heteroatoms. The first-order valence-corrected chi connectivity index (χ1v) is 10.2. The number of hydrogen-bond acceptors (Lipinski definition) is 4. The van der Waals surface area contributed by atoms with E-state index in [0.717, 1.165) is 32.5 Å². The number of aliphatic hydroxyl groups is 1. The number of halogens is 1. The zero-order chi connectivity index (χ0) is 19.8. The fourth-order valence-corrected chi connectivity index (χ4v) is 3.88. The molecule has 1 saturated heterocycles. The lowest BCUT2D eigenvalue weighted by Crippen LogP contribution is -2.45. The van der Waals surface area contributed by atoms with Crippen LogP contribution in [-0.4, -0.2) is 67.9 Å². The van der Waals surface area contributed by atoms with E-state index in [1.807, 2.05) is 24.0 Å². The molecule has 3 N–H and O–H groups in total. The van der Waals surface area contributed by atoms with Crippen molar-refractivity contribution in [1.82, 2.24) is 15.5 Å². The molecule has 1 aromatic rings. The van der Waals surface area contributed by atoms with Crippen LogP contribution < -0.4 is 10.6 Å². The Hall–Kier alpha value is -1.39. The molecule has 0 aromatic heterocycles. The predicted molar refractivity (Wildman–Crippen MR) is 125 cm³/mol. The molecule has 1 fully saturated rings. The molecule has 0 spiro atoms. The van der Waals surface area contributed by atoms with Crippen LogP contribution in [0.3, 0.4) is 0 Å². The van der Waals surface area contributed by atoms with Crippen LogP contribution >= 0.6 is 24.0 Å². The highest BCUT2D eigenvalue weighted by Crippen LogP contribution is 2.31. The average molecular weight is 516 g/mol. The minimum atomic E-state index is -0.0640. The number of aliphatic hydroxyl groups excluding tert-OH is 1. The van der Waals surface area contributed by atoms with Gasteiger partial charge in [-0.25, -0.2) is 4.99 Å². The van der Waals surface area contributed by atoms with Crippen molar-refractivity contribution >= 4 is 35.8 Å². The number of carbonyl (C=O) groups is 1. The van der Waals surface area contributed by atoms with Crippen LogP contribution in [0.4, 0.5) is 0 Å². The lowest BCUT2D eigenvalue weighted by molar-refractivity contribution is -0.130. The zero-order valence-electron chi connectivity index (χ0n) is 17.2. The second-order valence-electron chi connectivity index (χ2n) is 7.66. The summed E-state index contributed by atoms with van der Waals surface area (Å²) in [5.41, 5.74) is 2.49. The summed E-state index contributed by atoms with van der Waals surface area (Å²) < 4.78 is 5.54. The van der Waals surface area contributed by atoms with E-state index in [9.17, 15) is 9.90 Å². The molecular weight excluding hydrogens is 483 g/mol. The molecule has 1 unspecified atom stereocenters. The van der Waals surface area contributed by atoms with Crippen molar-refractivity contribution in [2.75, 3.05) is 46.0 Å². The van der Waals surface area contributed by atoms with E-state index in [-0.39, 0.29) is 48.5 Å². The van der Waals surface area contributed by atoms with Crippen LogP contribution in [0.2, 0.25) is 0 Å². The van der Waals surface area contributed by atoms with Gasteiger partial charge in [-0.3, -0.25) is 4.79 Å². The summed E-state index contributed by atoms with van der Waals surface area (Å²) >= 11 is 0. The van der Waals surface area contributed by atoms with Crippen LogP contribution in [0.25, 0.3) is 0 Å². The van der Waals surface area contributed by atoms with Crippen molar-refractivity contribution in [2.24, 2.45) is 10.4 Å². The van der Waals surface area contributed by atoms with Gasteiger partial charge in [0.1, 0.15) is 6.54 Å². The number of ether oxygens (including phenoxy) is 1. The molecule has 0 bridgehead atoms. The van der Waals surface area contributed by atoms with Gasteiger partial charge in [-0.2, -0.15) is 0 Å². The Morgan fingerprint density at radius 1 is 1.31 bits per heavy atom. The molecule has 2 aliphatic rings. The van der Waals surface area contributed by atoms with E-state index >= 15 is 0 Å². The molecule has 7 nitrogen and oxygen atoms in total. The molecule has 162 valence electrons. The van der Waals surface area contributed by atoms with Crippen molar-refractivity contribution < 1.29 is 14.6 Å². The Labute approximate surface area is 190 Å². The summed E-state index contributed by atoms with van der Waals surface area (Å²) in [7, 11) is 0. The second-order valence-corrected chi connectivity index (χ2v) is 7.66. The van der Waals surface area contributed by atoms with Gasteiger partial charge in [0.2, 0.25) is 5.91 Å². The summed E-state index contributed by atoms with van der Waals surface area (Å²) in [5, 5.41) is 15.9. The maximum absolute atomic E-state index is 12.7. The fourth-order valence-electron chi connectivity index (χ4n) is 3.88. The summed E-state index contributed by atoms with van der Waals surface area (Å²) in [6.45, 7) is 6.44. The standard InChI is InChI=1S/C21H32N4O3.HI/c1-2-22-20(24-15-21(8-11-26)9-12-28-16-21)23-13-19(27)25-10-7-17-5-3-4-6-18(17)14-25;/h3-6,26H,2,7-16H2,1H3,(H2,22,23,24);1H. The van der Waals surface area contributed by atoms with Gasteiger partial charge in [0.05, 0.1) is 6.61 Å². The van der Waals surface area contributed by atoms with Gasteiger partial charge in [-0.05, 0) is 37.3 Å². The third-order valence-electron chi connectivity index (χ3n) is 5.66. The van der Waals surface area contributed by atoms with Crippen molar-refractivity contribution in [2.45, 2.75) is 32.7 Å². The van der Waals surface area contributed by atoms with Crippen molar-refractivity contribution in [3.05, 3.63) is 35.4 Å². The fraction of sp³-hybridized carbons (Fsp3) is 0.619. The number of nitrogens with one attached hydrogen (secondary N) is 2. The third kappa shape index (κ3) is 6.55. The lowest BCUT2D eigenvalue weighted by atomic mass is 9.84. The monoisotopic (exact) mass is 516 g/mol. The number of fused-ring (bicyclic) bond motifs is 1. The second kappa shape index (κ2) is 11.7. The van der Waals surface area contributed by atoms with Crippen LogP contribution in [0.1, 0.15) is 30.9 Å². The third-order valence-corrected chi connectivity index (χ3v) is 5.66. The number of nitrogens with zero attached hydrogens (tertiary/aromatic N) is 2. The summed E-state index contributed by atoms with van der Waals surface area (Å²) in [6.07, 6.45) is 2.52. The number of hydrogen-bond donors (Lipinski definition) is 3. The minimum absolute atomic E-state index is 0. The minimum Gasteiger partial charge on any atom is -0.396 e. The van der Waals surface area contributed by atoms with Crippen molar-refractivity contribution in [3.63, 3.8) is 0 Å². The Morgan fingerprint density at radius 2 is 2.10 bits per heavy atom. The SMILES string of the molecule is CCNC(=NCC(=O)N1CCc2ccccc2C1)NCC1(CCO)CCOC1.I. The average Bonchev–Trinajstić information content (AvgIpc) is 3.18. The highest BCUT2D eigenvalue weighted by molar-refractivity contribution is 14.0. The van der Waals surface area contributed by atoms with Gasteiger partial charge in [0.25, 0.3) is 0 Å². The number of amides is 1. The van der Waals surface area contributed by atoms with Crippen LogP contribution in [-0.2, 0) is 22.5 Å². The number of rotatable bonds is 7. The van der Waals surface area contributed by atoms with E-state index in [2.05, 4.69) is 27.8 Å². The van der Waals surface area contributed by atoms with Crippen molar-refractivity contribution in [1.29, 1.82) is 0 Å². The van der Waals surface area contributed by atoms with Crippen LogP contribution in [0.5, 0.6) is 0 Å². The molecule has 2 aliphatic heterocycles. The molecule has 29 heavy (non-hydrogen) atoms. The topological polar surface area (TPSA) is 86.2 Å². The molecule has 0 radical (unpaired) electrons. The van der Waals surface area contributed by atoms with Crippen LogP contribution in [0, 0.1) is 5.41 Å². The number of benzene rings is 1. The maximum Gasteiger partial charge on any atom is 0.244 e. The van der Waals surface area contributed by atoms with E-state index < -0.39 is 0 Å². The van der Waals surface area contributed by atoms with Gasteiger partial charge < -0.3 is 25.4 Å². The number of aliphatic imine (C=N–C) groups is 1. The maximum atomic E-state index is 12.7. The number of carbonyl (C=O) groups excluding carboxylic acids is 1. The lowest BCUT2D eigenvalue weighted by Gasteiger charge is -2.29. The largest absolute Gasteiger partial charge is 0.396 e. The Morgan fingerprint density at radius 3 is 2.79 bits per heavy atom.